The molecule has 2 aliphatic carbocycles. The number of hydrogen-bond acceptors (Lipinski definition) is 3. The SMILES string of the molecule is NC(CNC1CC2CCC1C2)=NO. The van der Waals surface area contributed by atoms with Crippen LogP contribution in [0.15, 0.2) is 5.16 Å². The van der Waals surface area contributed by atoms with Gasteiger partial charge < -0.3 is 16.3 Å². The molecule has 3 unspecified atom stereocenters. The van der Waals surface area contributed by atoms with E-state index in [2.05, 4.69) is 10.5 Å². The van der Waals surface area contributed by atoms with Gasteiger partial charge in [0.1, 0.15) is 0 Å². The predicted octanol–water partition coefficient (Wildman–Crippen LogP) is 0.511. The molecule has 4 nitrogen and oxygen atoms in total. The van der Waals surface area contributed by atoms with Gasteiger partial charge in [-0.25, -0.2) is 0 Å². The molecule has 2 saturated carbocycles. The van der Waals surface area contributed by atoms with E-state index < -0.39 is 0 Å². The summed E-state index contributed by atoms with van der Waals surface area (Å²) in [5.41, 5.74) is 5.39. The molecule has 0 aromatic rings. The summed E-state index contributed by atoms with van der Waals surface area (Å²) < 4.78 is 0. The van der Waals surface area contributed by atoms with Crippen LogP contribution >= 0.6 is 0 Å². The van der Waals surface area contributed by atoms with Crippen LogP contribution < -0.4 is 11.1 Å². The van der Waals surface area contributed by atoms with E-state index in [1.807, 2.05) is 0 Å². The van der Waals surface area contributed by atoms with Crippen molar-refractivity contribution in [3.8, 4) is 0 Å². The first-order chi connectivity index (χ1) is 6.29. The van der Waals surface area contributed by atoms with Crippen LogP contribution in [0, 0.1) is 11.8 Å². The molecule has 74 valence electrons. The van der Waals surface area contributed by atoms with Gasteiger partial charge in [0.2, 0.25) is 0 Å². The Hall–Kier alpha value is -0.770. The van der Waals surface area contributed by atoms with E-state index in [0.29, 0.717) is 12.6 Å². The van der Waals surface area contributed by atoms with E-state index >= 15 is 0 Å². The smallest absolute Gasteiger partial charge is 0.153 e. The minimum Gasteiger partial charge on any atom is -0.409 e. The number of rotatable bonds is 3. The Morgan fingerprint density at radius 3 is 2.85 bits per heavy atom. The molecule has 4 heteroatoms. The van der Waals surface area contributed by atoms with Gasteiger partial charge in [0.25, 0.3) is 0 Å². The summed E-state index contributed by atoms with van der Waals surface area (Å²) in [7, 11) is 0. The van der Waals surface area contributed by atoms with Crippen LogP contribution in [0.1, 0.15) is 25.7 Å². The van der Waals surface area contributed by atoms with Crippen molar-refractivity contribution in [1.82, 2.24) is 5.32 Å². The van der Waals surface area contributed by atoms with Gasteiger partial charge in [0, 0.05) is 6.04 Å². The zero-order valence-corrected chi connectivity index (χ0v) is 7.74. The van der Waals surface area contributed by atoms with Crippen LogP contribution in [0.2, 0.25) is 0 Å². The molecule has 0 amide bonds. The number of nitrogens with two attached hydrogens (primary N) is 1. The van der Waals surface area contributed by atoms with Crippen LogP contribution in [0.25, 0.3) is 0 Å². The monoisotopic (exact) mass is 183 g/mol. The molecule has 0 spiro atoms. The van der Waals surface area contributed by atoms with E-state index in [9.17, 15) is 0 Å². The maximum absolute atomic E-state index is 8.36. The third kappa shape index (κ3) is 1.77. The predicted molar refractivity (Wildman–Crippen MR) is 50.6 cm³/mol. The van der Waals surface area contributed by atoms with E-state index in [1.165, 1.54) is 25.7 Å². The zero-order chi connectivity index (χ0) is 9.26. The van der Waals surface area contributed by atoms with Crippen molar-refractivity contribution < 1.29 is 5.21 Å². The van der Waals surface area contributed by atoms with Gasteiger partial charge in [0.05, 0.1) is 6.54 Å². The topological polar surface area (TPSA) is 70.6 Å². The van der Waals surface area contributed by atoms with E-state index in [4.69, 9.17) is 10.9 Å². The van der Waals surface area contributed by atoms with E-state index in [-0.39, 0.29) is 5.84 Å². The molecule has 0 aromatic carbocycles. The number of hydrogen-bond donors (Lipinski definition) is 3. The number of amidine groups is 1. The summed E-state index contributed by atoms with van der Waals surface area (Å²) in [5.74, 6) is 2.06. The lowest BCUT2D eigenvalue weighted by molar-refractivity contribution is 0.314. The molecule has 2 bridgehead atoms. The minimum atomic E-state index is 0.280. The molecule has 0 heterocycles. The number of fused-ring (bicyclic) bond motifs is 2. The van der Waals surface area contributed by atoms with E-state index in [0.717, 1.165) is 11.8 Å². The zero-order valence-electron chi connectivity index (χ0n) is 7.74. The number of nitrogens with zero attached hydrogens (tertiary/aromatic N) is 1. The van der Waals surface area contributed by atoms with Crippen LogP contribution in [0.5, 0.6) is 0 Å². The molecule has 0 aliphatic heterocycles. The van der Waals surface area contributed by atoms with Crippen LogP contribution in [0.4, 0.5) is 0 Å². The first-order valence-electron chi connectivity index (χ1n) is 4.99. The highest BCUT2D eigenvalue weighted by molar-refractivity contribution is 5.81. The quantitative estimate of drug-likeness (QED) is 0.258. The average molecular weight is 183 g/mol. The Bertz CT molecular complexity index is 217. The molecular weight excluding hydrogens is 166 g/mol. The molecule has 13 heavy (non-hydrogen) atoms. The summed E-state index contributed by atoms with van der Waals surface area (Å²) in [5, 5.41) is 14.7. The maximum atomic E-state index is 8.36. The second-order valence-corrected chi connectivity index (χ2v) is 4.25. The summed E-state index contributed by atoms with van der Waals surface area (Å²) >= 11 is 0. The Morgan fingerprint density at radius 1 is 1.46 bits per heavy atom. The highest BCUT2D eigenvalue weighted by Gasteiger charge is 2.38. The summed E-state index contributed by atoms with van der Waals surface area (Å²) in [6.45, 7) is 0.518. The highest BCUT2D eigenvalue weighted by atomic mass is 16.4. The van der Waals surface area contributed by atoms with Crippen LogP contribution in [0.3, 0.4) is 0 Å². The summed E-state index contributed by atoms with van der Waals surface area (Å²) in [4.78, 5) is 0. The Morgan fingerprint density at radius 2 is 2.31 bits per heavy atom. The van der Waals surface area contributed by atoms with Gasteiger partial charge in [-0.1, -0.05) is 11.6 Å². The van der Waals surface area contributed by atoms with E-state index in [1.54, 1.807) is 0 Å². The van der Waals surface area contributed by atoms with Crippen molar-refractivity contribution >= 4 is 5.84 Å². The van der Waals surface area contributed by atoms with Gasteiger partial charge in [-0.2, -0.15) is 0 Å². The lowest BCUT2D eigenvalue weighted by atomic mass is 9.95. The van der Waals surface area contributed by atoms with Crippen LogP contribution in [-0.4, -0.2) is 23.6 Å². The van der Waals surface area contributed by atoms with Crippen molar-refractivity contribution in [3.05, 3.63) is 0 Å². The van der Waals surface area contributed by atoms with Gasteiger partial charge >= 0.3 is 0 Å². The highest BCUT2D eigenvalue weighted by Crippen LogP contribution is 2.44. The van der Waals surface area contributed by atoms with Gasteiger partial charge in [-0.15, -0.1) is 0 Å². The second-order valence-electron chi connectivity index (χ2n) is 4.25. The Kier molecular flexibility index (Phi) is 2.40. The van der Waals surface area contributed by atoms with Crippen molar-refractivity contribution in [2.75, 3.05) is 6.54 Å². The Balaban J connectivity index is 1.77. The van der Waals surface area contributed by atoms with Crippen LogP contribution in [-0.2, 0) is 0 Å². The molecule has 2 aliphatic rings. The Labute approximate surface area is 78.2 Å². The van der Waals surface area contributed by atoms with Crippen molar-refractivity contribution in [2.24, 2.45) is 22.7 Å². The standard InChI is InChI=1S/C9H17N3O/c10-9(12-13)5-11-8-4-6-1-2-7(8)3-6/h6-8,11,13H,1-5H2,(H2,10,12). The summed E-state index contributed by atoms with van der Waals surface area (Å²) in [6, 6.07) is 0.610. The minimum absolute atomic E-state index is 0.280. The molecule has 2 rings (SSSR count). The number of oxime groups is 1. The largest absolute Gasteiger partial charge is 0.409 e. The lowest BCUT2D eigenvalue weighted by Gasteiger charge is -2.22. The lowest BCUT2D eigenvalue weighted by Crippen LogP contribution is -2.39. The third-order valence-corrected chi connectivity index (χ3v) is 3.41. The maximum Gasteiger partial charge on any atom is 0.153 e. The van der Waals surface area contributed by atoms with Crippen molar-refractivity contribution in [3.63, 3.8) is 0 Å². The normalized spacial score (nSPS) is 38.5. The molecule has 4 N–H and O–H groups in total. The fraction of sp³-hybridized carbons (Fsp3) is 0.889. The molecular formula is C9H17N3O. The first kappa shape index (κ1) is 8.81. The first-order valence-corrected chi connectivity index (χ1v) is 4.99. The molecule has 0 saturated heterocycles. The fourth-order valence-electron chi connectivity index (χ4n) is 2.77. The van der Waals surface area contributed by atoms with Gasteiger partial charge in [-0.3, -0.25) is 0 Å². The second kappa shape index (κ2) is 3.54. The molecule has 3 atom stereocenters. The number of nitrogens with one attached hydrogen (secondary N) is 1. The third-order valence-electron chi connectivity index (χ3n) is 3.41. The molecule has 2 fully saturated rings. The molecule has 0 radical (unpaired) electrons. The average Bonchev–Trinajstić information content (AvgIpc) is 2.74. The summed E-state index contributed by atoms with van der Waals surface area (Å²) in [6.07, 6.45) is 5.43. The van der Waals surface area contributed by atoms with Crippen molar-refractivity contribution in [1.29, 1.82) is 0 Å². The van der Waals surface area contributed by atoms with Gasteiger partial charge in [0.15, 0.2) is 5.84 Å². The van der Waals surface area contributed by atoms with Crippen molar-refractivity contribution in [2.45, 2.75) is 31.7 Å². The molecule has 0 aromatic heterocycles. The van der Waals surface area contributed by atoms with Gasteiger partial charge in [-0.05, 0) is 31.1 Å². The fourth-order valence-corrected chi connectivity index (χ4v) is 2.77.